The van der Waals surface area contributed by atoms with Crippen molar-refractivity contribution in [2.24, 2.45) is 0 Å². The molecule has 0 saturated heterocycles. The van der Waals surface area contributed by atoms with Crippen molar-refractivity contribution in [3.63, 3.8) is 0 Å². The molecule has 0 radical (unpaired) electrons. The lowest BCUT2D eigenvalue weighted by atomic mass is 10.1. The first-order valence-electron chi connectivity index (χ1n) is 5.97. The van der Waals surface area contributed by atoms with E-state index in [1.54, 1.807) is 0 Å². The summed E-state index contributed by atoms with van der Waals surface area (Å²) in [5.41, 5.74) is 0.158. The van der Waals surface area contributed by atoms with Crippen molar-refractivity contribution >= 4 is 5.91 Å². The normalized spacial score (nSPS) is 15.9. The van der Waals surface area contributed by atoms with E-state index in [1.165, 1.54) is 6.92 Å². The Morgan fingerprint density at radius 1 is 1.50 bits per heavy atom. The molecule has 0 atom stereocenters. The number of nitrogens with zero attached hydrogens (tertiary/aromatic N) is 1. The van der Waals surface area contributed by atoms with Gasteiger partial charge in [0.1, 0.15) is 5.56 Å². The number of hydrogen-bond donors (Lipinski definition) is 1. The SMILES string of the molecule is Cc1noc(C(F)(F)F)c1C(=O)NCC1=CCCOC1. The predicted octanol–water partition coefficient (Wildman–Crippen LogP) is 2.08. The average Bonchev–Trinajstić information content (AvgIpc) is 2.79. The Labute approximate surface area is 112 Å². The van der Waals surface area contributed by atoms with Crippen molar-refractivity contribution in [1.82, 2.24) is 10.5 Å². The molecule has 1 aliphatic heterocycles. The third-order valence-corrected chi connectivity index (χ3v) is 2.81. The Kier molecular flexibility index (Phi) is 4.12. The van der Waals surface area contributed by atoms with Crippen LogP contribution in [-0.4, -0.2) is 30.8 Å². The fraction of sp³-hybridized carbons (Fsp3) is 0.500. The van der Waals surface area contributed by atoms with Crippen LogP contribution in [-0.2, 0) is 10.9 Å². The van der Waals surface area contributed by atoms with Gasteiger partial charge in [-0.2, -0.15) is 13.2 Å². The fourth-order valence-corrected chi connectivity index (χ4v) is 1.84. The Morgan fingerprint density at radius 2 is 2.25 bits per heavy atom. The third-order valence-electron chi connectivity index (χ3n) is 2.81. The van der Waals surface area contributed by atoms with Gasteiger partial charge in [0.2, 0.25) is 0 Å². The Bertz CT molecular complexity index is 535. The molecule has 1 amide bonds. The lowest BCUT2D eigenvalue weighted by Gasteiger charge is -2.14. The van der Waals surface area contributed by atoms with E-state index in [0.717, 1.165) is 12.0 Å². The number of nitrogens with one attached hydrogen (secondary N) is 1. The number of aryl methyl sites for hydroxylation is 1. The van der Waals surface area contributed by atoms with E-state index in [1.807, 2.05) is 6.08 Å². The van der Waals surface area contributed by atoms with Crippen LogP contribution in [0.15, 0.2) is 16.2 Å². The molecule has 5 nitrogen and oxygen atoms in total. The van der Waals surface area contributed by atoms with E-state index in [9.17, 15) is 18.0 Å². The van der Waals surface area contributed by atoms with Gasteiger partial charge in [-0.15, -0.1) is 0 Å². The number of amides is 1. The van der Waals surface area contributed by atoms with Crippen LogP contribution in [0.1, 0.15) is 28.2 Å². The molecule has 20 heavy (non-hydrogen) atoms. The minimum absolute atomic E-state index is 0.0938. The highest BCUT2D eigenvalue weighted by Gasteiger charge is 2.41. The molecule has 1 aliphatic rings. The lowest BCUT2D eigenvalue weighted by Crippen LogP contribution is -2.29. The molecule has 1 aromatic rings. The molecule has 0 unspecified atom stereocenters. The van der Waals surface area contributed by atoms with E-state index < -0.39 is 23.4 Å². The summed E-state index contributed by atoms with van der Waals surface area (Å²) in [6.45, 7) is 2.41. The monoisotopic (exact) mass is 290 g/mol. The molecule has 0 aromatic carbocycles. The second-order valence-corrected chi connectivity index (χ2v) is 4.36. The second kappa shape index (κ2) is 5.66. The molecule has 8 heteroatoms. The summed E-state index contributed by atoms with van der Waals surface area (Å²) >= 11 is 0. The highest BCUT2D eigenvalue weighted by Crippen LogP contribution is 2.33. The Morgan fingerprint density at radius 3 is 2.85 bits per heavy atom. The summed E-state index contributed by atoms with van der Waals surface area (Å²) in [5, 5.41) is 5.62. The maximum absolute atomic E-state index is 12.7. The van der Waals surface area contributed by atoms with Crippen LogP contribution in [0, 0.1) is 6.92 Å². The van der Waals surface area contributed by atoms with E-state index >= 15 is 0 Å². The van der Waals surface area contributed by atoms with Crippen LogP contribution in [0.2, 0.25) is 0 Å². The van der Waals surface area contributed by atoms with Crippen molar-refractivity contribution in [2.45, 2.75) is 19.5 Å². The van der Waals surface area contributed by atoms with Gasteiger partial charge in [0.15, 0.2) is 0 Å². The van der Waals surface area contributed by atoms with Gasteiger partial charge < -0.3 is 14.6 Å². The molecular formula is C12H13F3N2O3. The van der Waals surface area contributed by atoms with Gasteiger partial charge in [-0.1, -0.05) is 11.2 Å². The third kappa shape index (κ3) is 3.19. The second-order valence-electron chi connectivity index (χ2n) is 4.36. The van der Waals surface area contributed by atoms with Gasteiger partial charge in [0.25, 0.3) is 11.7 Å². The van der Waals surface area contributed by atoms with E-state index in [2.05, 4.69) is 15.0 Å². The smallest absolute Gasteiger partial charge is 0.377 e. The summed E-state index contributed by atoms with van der Waals surface area (Å²) in [7, 11) is 0. The first-order valence-corrected chi connectivity index (χ1v) is 5.97. The van der Waals surface area contributed by atoms with Gasteiger partial charge in [0, 0.05) is 6.54 Å². The molecule has 1 aromatic heterocycles. The number of hydrogen-bond acceptors (Lipinski definition) is 4. The molecule has 0 fully saturated rings. The summed E-state index contributed by atoms with van der Waals surface area (Å²) in [6.07, 6.45) is -2.12. The van der Waals surface area contributed by atoms with Crippen LogP contribution < -0.4 is 5.32 Å². The molecule has 0 bridgehead atoms. The first kappa shape index (κ1) is 14.6. The molecule has 2 heterocycles. The van der Waals surface area contributed by atoms with E-state index in [4.69, 9.17) is 4.74 Å². The molecule has 0 spiro atoms. The predicted molar refractivity (Wildman–Crippen MR) is 62.1 cm³/mol. The summed E-state index contributed by atoms with van der Waals surface area (Å²) < 4.78 is 47.4. The molecule has 0 saturated carbocycles. The fourth-order valence-electron chi connectivity index (χ4n) is 1.84. The van der Waals surface area contributed by atoms with Gasteiger partial charge >= 0.3 is 6.18 Å². The molecule has 0 aliphatic carbocycles. The maximum Gasteiger partial charge on any atom is 0.453 e. The van der Waals surface area contributed by atoms with Crippen LogP contribution in [0.5, 0.6) is 0 Å². The summed E-state index contributed by atoms with van der Waals surface area (Å²) in [6, 6.07) is 0. The van der Waals surface area contributed by atoms with Crippen LogP contribution >= 0.6 is 0 Å². The Balaban J connectivity index is 2.09. The minimum Gasteiger partial charge on any atom is -0.377 e. The van der Waals surface area contributed by atoms with E-state index in [0.29, 0.717) is 13.2 Å². The van der Waals surface area contributed by atoms with Gasteiger partial charge in [-0.3, -0.25) is 4.79 Å². The van der Waals surface area contributed by atoms with E-state index in [-0.39, 0.29) is 12.2 Å². The summed E-state index contributed by atoms with van der Waals surface area (Å²) in [5.74, 6) is -2.23. The van der Waals surface area contributed by atoms with Gasteiger partial charge in [0.05, 0.1) is 18.9 Å². The van der Waals surface area contributed by atoms with Crippen LogP contribution in [0.25, 0.3) is 0 Å². The highest BCUT2D eigenvalue weighted by atomic mass is 19.4. The average molecular weight is 290 g/mol. The van der Waals surface area contributed by atoms with Gasteiger partial charge in [-0.05, 0) is 18.9 Å². The van der Waals surface area contributed by atoms with Crippen molar-refractivity contribution in [3.8, 4) is 0 Å². The summed E-state index contributed by atoms with van der Waals surface area (Å²) in [4.78, 5) is 11.9. The topological polar surface area (TPSA) is 64.4 Å². The number of alkyl halides is 3. The zero-order chi connectivity index (χ0) is 14.8. The van der Waals surface area contributed by atoms with Gasteiger partial charge in [-0.25, -0.2) is 0 Å². The number of carbonyl (C=O) groups excluding carboxylic acids is 1. The molecular weight excluding hydrogens is 277 g/mol. The molecule has 1 N–H and O–H groups in total. The zero-order valence-electron chi connectivity index (χ0n) is 10.7. The van der Waals surface area contributed by atoms with Crippen LogP contribution in [0.4, 0.5) is 13.2 Å². The highest BCUT2D eigenvalue weighted by molar-refractivity contribution is 5.96. The Hall–Kier alpha value is -1.83. The van der Waals surface area contributed by atoms with Crippen molar-refractivity contribution in [2.75, 3.05) is 19.8 Å². The minimum atomic E-state index is -4.75. The van der Waals surface area contributed by atoms with Crippen LogP contribution in [0.3, 0.4) is 0 Å². The van der Waals surface area contributed by atoms with Crippen molar-refractivity contribution < 1.29 is 27.2 Å². The number of rotatable bonds is 3. The lowest BCUT2D eigenvalue weighted by molar-refractivity contribution is -0.155. The number of halogens is 3. The largest absolute Gasteiger partial charge is 0.453 e. The van der Waals surface area contributed by atoms with Crippen molar-refractivity contribution in [1.29, 1.82) is 0 Å². The first-order chi connectivity index (χ1) is 9.39. The quantitative estimate of drug-likeness (QED) is 0.866. The number of aromatic nitrogens is 1. The number of carbonyl (C=O) groups is 1. The molecule has 2 rings (SSSR count). The number of ether oxygens (including phenoxy) is 1. The molecule has 110 valence electrons. The standard InChI is InChI=1S/C12H13F3N2O3/c1-7-9(10(20-17-7)12(13,14)15)11(18)16-5-8-3-2-4-19-6-8/h3H,2,4-6H2,1H3,(H,16,18). The van der Waals surface area contributed by atoms with Crippen molar-refractivity contribution in [3.05, 3.63) is 28.7 Å². The maximum atomic E-state index is 12.7. The zero-order valence-corrected chi connectivity index (χ0v) is 10.7.